The normalized spacial score (nSPS) is 11.7. The van der Waals surface area contributed by atoms with Crippen molar-refractivity contribution in [2.75, 3.05) is 4.90 Å². The summed E-state index contributed by atoms with van der Waals surface area (Å²) in [6, 6.07) is 54.4. The molecule has 2 nitrogen and oxygen atoms in total. The molecule has 0 saturated carbocycles. The molecule has 43 heavy (non-hydrogen) atoms. The SMILES string of the molecule is c1cc(-c2cccc3ccccc23)cc(N(c2ccc3c(c2)oc2ccccc23)c2ccc3c(c2)sc2ccccc23)c1. The van der Waals surface area contributed by atoms with Gasteiger partial charge < -0.3 is 9.32 Å². The summed E-state index contributed by atoms with van der Waals surface area (Å²) in [4.78, 5) is 2.35. The zero-order valence-corrected chi connectivity index (χ0v) is 24.0. The molecule has 0 atom stereocenters. The van der Waals surface area contributed by atoms with Gasteiger partial charge in [0, 0.05) is 54.1 Å². The summed E-state index contributed by atoms with van der Waals surface area (Å²) >= 11 is 1.85. The molecule has 0 amide bonds. The van der Waals surface area contributed by atoms with Crippen LogP contribution in [0.25, 0.3) is 64.0 Å². The van der Waals surface area contributed by atoms with Crippen LogP contribution < -0.4 is 4.90 Å². The van der Waals surface area contributed by atoms with Crippen LogP contribution in [0.1, 0.15) is 0 Å². The molecule has 0 radical (unpaired) electrons. The number of thiophene rings is 1. The summed E-state index contributed by atoms with van der Waals surface area (Å²) in [6.07, 6.45) is 0. The third-order valence-electron chi connectivity index (χ3n) is 8.45. The first-order valence-electron chi connectivity index (χ1n) is 14.5. The van der Waals surface area contributed by atoms with Crippen LogP contribution in [0.15, 0.2) is 156 Å². The van der Waals surface area contributed by atoms with Gasteiger partial charge in [-0.05, 0) is 70.4 Å². The van der Waals surface area contributed by atoms with E-state index in [2.05, 4.69) is 144 Å². The molecule has 0 aliphatic carbocycles. The largest absolute Gasteiger partial charge is 0.456 e. The van der Waals surface area contributed by atoms with Gasteiger partial charge in [-0.15, -0.1) is 11.3 Å². The summed E-state index contributed by atoms with van der Waals surface area (Å²) in [7, 11) is 0. The van der Waals surface area contributed by atoms with Crippen molar-refractivity contribution in [2.24, 2.45) is 0 Å². The Balaban J connectivity index is 1.26. The molecule has 2 heterocycles. The molecular weight excluding hydrogens is 543 g/mol. The number of benzene rings is 7. The molecule has 9 aromatic rings. The molecule has 0 aliphatic rings. The van der Waals surface area contributed by atoms with Crippen molar-refractivity contribution < 1.29 is 4.42 Å². The fourth-order valence-corrected chi connectivity index (χ4v) is 7.58. The average molecular weight is 568 g/mol. The molecular formula is C40H25NOS. The molecule has 0 bridgehead atoms. The van der Waals surface area contributed by atoms with E-state index in [1.807, 2.05) is 23.5 Å². The van der Waals surface area contributed by atoms with E-state index in [0.717, 1.165) is 39.0 Å². The van der Waals surface area contributed by atoms with Gasteiger partial charge in [-0.3, -0.25) is 0 Å². The first kappa shape index (κ1) is 24.2. The van der Waals surface area contributed by atoms with Gasteiger partial charge in [0.15, 0.2) is 0 Å². The Kier molecular flexibility index (Phi) is 5.40. The van der Waals surface area contributed by atoms with Crippen molar-refractivity contribution in [3.63, 3.8) is 0 Å². The number of nitrogens with zero attached hydrogens (tertiary/aromatic N) is 1. The van der Waals surface area contributed by atoms with Crippen LogP contribution in [0.5, 0.6) is 0 Å². The Morgan fingerprint density at radius 2 is 1.07 bits per heavy atom. The molecule has 7 aromatic carbocycles. The van der Waals surface area contributed by atoms with Gasteiger partial charge in [0.25, 0.3) is 0 Å². The summed E-state index contributed by atoms with van der Waals surface area (Å²) in [6.45, 7) is 0. The van der Waals surface area contributed by atoms with Crippen LogP contribution in [-0.4, -0.2) is 0 Å². The molecule has 0 spiro atoms. The van der Waals surface area contributed by atoms with E-state index < -0.39 is 0 Å². The van der Waals surface area contributed by atoms with E-state index >= 15 is 0 Å². The average Bonchev–Trinajstić information content (AvgIpc) is 3.62. The van der Waals surface area contributed by atoms with E-state index in [9.17, 15) is 0 Å². The smallest absolute Gasteiger partial charge is 0.137 e. The Hall–Kier alpha value is -5.38. The van der Waals surface area contributed by atoms with Crippen LogP contribution in [-0.2, 0) is 0 Å². The number of anilines is 3. The number of hydrogen-bond donors (Lipinski definition) is 0. The summed E-state index contributed by atoms with van der Waals surface area (Å²) in [5.74, 6) is 0. The van der Waals surface area contributed by atoms with Crippen molar-refractivity contribution in [3.05, 3.63) is 152 Å². The molecule has 3 heteroatoms. The second kappa shape index (κ2) is 9.59. The maximum Gasteiger partial charge on any atom is 0.137 e. The van der Waals surface area contributed by atoms with Crippen LogP contribution in [0, 0.1) is 0 Å². The zero-order valence-electron chi connectivity index (χ0n) is 23.2. The Bertz CT molecular complexity index is 2360. The van der Waals surface area contributed by atoms with Gasteiger partial charge in [-0.25, -0.2) is 0 Å². The van der Waals surface area contributed by atoms with Crippen molar-refractivity contribution in [2.45, 2.75) is 0 Å². The molecule has 0 fully saturated rings. The van der Waals surface area contributed by atoms with E-state index in [-0.39, 0.29) is 0 Å². The maximum absolute atomic E-state index is 6.34. The van der Waals surface area contributed by atoms with Crippen molar-refractivity contribution in [3.8, 4) is 11.1 Å². The predicted molar refractivity (Wildman–Crippen MR) is 184 cm³/mol. The predicted octanol–water partition coefficient (Wildman–Crippen LogP) is 12.2. The van der Waals surface area contributed by atoms with Gasteiger partial charge in [-0.2, -0.15) is 0 Å². The standard InChI is InChI=1S/C40H25NOS/c1-2-13-31-26(9-1)10-8-16-32(31)27-11-7-12-28(23-27)41(29-19-21-34-33-14-3-5-17-37(33)42-38(34)24-29)30-20-22-36-35-15-4-6-18-39(35)43-40(36)25-30/h1-25H. The molecule has 2 aromatic heterocycles. The monoisotopic (exact) mass is 567 g/mol. The third kappa shape index (κ3) is 3.93. The molecule has 9 rings (SSSR count). The van der Waals surface area contributed by atoms with E-state index in [4.69, 9.17) is 4.42 Å². The minimum Gasteiger partial charge on any atom is -0.456 e. The highest BCUT2D eigenvalue weighted by Crippen LogP contribution is 2.43. The lowest BCUT2D eigenvalue weighted by atomic mass is 9.97. The molecule has 0 saturated heterocycles. The summed E-state index contributed by atoms with van der Waals surface area (Å²) < 4.78 is 8.93. The number of fused-ring (bicyclic) bond motifs is 7. The second-order valence-electron chi connectivity index (χ2n) is 11.0. The molecule has 0 unspecified atom stereocenters. The third-order valence-corrected chi connectivity index (χ3v) is 9.58. The van der Waals surface area contributed by atoms with Crippen LogP contribution in [0.4, 0.5) is 17.1 Å². The fraction of sp³-hybridized carbons (Fsp3) is 0. The summed E-state index contributed by atoms with van der Waals surface area (Å²) in [5.41, 5.74) is 7.48. The van der Waals surface area contributed by atoms with E-state index in [1.165, 1.54) is 42.1 Å². The minimum absolute atomic E-state index is 0.886. The molecule has 202 valence electrons. The van der Waals surface area contributed by atoms with Crippen LogP contribution in [0.3, 0.4) is 0 Å². The zero-order chi connectivity index (χ0) is 28.3. The molecule has 0 N–H and O–H groups in total. The number of furan rings is 1. The number of para-hydroxylation sites is 1. The Labute approximate surface area is 252 Å². The lowest BCUT2D eigenvalue weighted by Crippen LogP contribution is -2.09. The van der Waals surface area contributed by atoms with Crippen molar-refractivity contribution >= 4 is 81.3 Å². The highest BCUT2D eigenvalue weighted by Gasteiger charge is 2.18. The van der Waals surface area contributed by atoms with E-state index in [1.54, 1.807) is 0 Å². The lowest BCUT2D eigenvalue weighted by molar-refractivity contribution is 0.669. The van der Waals surface area contributed by atoms with Gasteiger partial charge in [0.1, 0.15) is 11.2 Å². The van der Waals surface area contributed by atoms with Crippen LogP contribution in [0.2, 0.25) is 0 Å². The van der Waals surface area contributed by atoms with Gasteiger partial charge >= 0.3 is 0 Å². The molecule has 0 aliphatic heterocycles. The van der Waals surface area contributed by atoms with Gasteiger partial charge in [-0.1, -0.05) is 97.1 Å². The van der Waals surface area contributed by atoms with Crippen molar-refractivity contribution in [1.82, 2.24) is 0 Å². The summed E-state index contributed by atoms with van der Waals surface area (Å²) in [5, 5.41) is 7.37. The van der Waals surface area contributed by atoms with Crippen molar-refractivity contribution in [1.29, 1.82) is 0 Å². The first-order valence-corrected chi connectivity index (χ1v) is 15.3. The van der Waals surface area contributed by atoms with Gasteiger partial charge in [0.05, 0.1) is 0 Å². The van der Waals surface area contributed by atoms with Gasteiger partial charge in [0.2, 0.25) is 0 Å². The maximum atomic E-state index is 6.34. The fourth-order valence-electron chi connectivity index (χ4n) is 6.44. The number of rotatable bonds is 4. The lowest BCUT2D eigenvalue weighted by Gasteiger charge is -2.26. The quantitative estimate of drug-likeness (QED) is 0.210. The first-order chi connectivity index (χ1) is 21.3. The second-order valence-corrected chi connectivity index (χ2v) is 12.1. The highest BCUT2D eigenvalue weighted by molar-refractivity contribution is 7.25. The number of hydrogen-bond acceptors (Lipinski definition) is 3. The highest BCUT2D eigenvalue weighted by atomic mass is 32.1. The topological polar surface area (TPSA) is 16.4 Å². The Morgan fingerprint density at radius 3 is 2.00 bits per heavy atom. The van der Waals surface area contributed by atoms with Crippen LogP contribution >= 0.6 is 11.3 Å². The van der Waals surface area contributed by atoms with E-state index in [0.29, 0.717) is 0 Å². The Morgan fingerprint density at radius 1 is 0.419 bits per heavy atom. The minimum atomic E-state index is 0.886.